The van der Waals surface area contributed by atoms with Gasteiger partial charge in [-0.3, -0.25) is 4.79 Å². The number of carbonyl (C=O) groups excluding carboxylic acids is 1. The van der Waals surface area contributed by atoms with Crippen molar-refractivity contribution in [3.63, 3.8) is 0 Å². The highest BCUT2D eigenvalue weighted by Crippen LogP contribution is 2.40. The number of nitrogens with zero attached hydrogens (tertiary/aromatic N) is 1. The van der Waals surface area contributed by atoms with E-state index in [4.69, 9.17) is 9.63 Å². The summed E-state index contributed by atoms with van der Waals surface area (Å²) in [6.07, 6.45) is 5.38. The summed E-state index contributed by atoms with van der Waals surface area (Å²) in [5.41, 5.74) is 1.02. The van der Waals surface area contributed by atoms with Crippen LogP contribution < -0.4 is 5.32 Å². The molecular weight excluding hydrogens is 248 g/mol. The van der Waals surface area contributed by atoms with E-state index in [2.05, 4.69) is 10.5 Å². The van der Waals surface area contributed by atoms with Crippen LogP contribution in [0.2, 0.25) is 0 Å². The number of hydrogen-bond acceptors (Lipinski definition) is 4. The fourth-order valence-electron chi connectivity index (χ4n) is 1.97. The fourth-order valence-corrected chi connectivity index (χ4v) is 1.97. The first-order valence-corrected chi connectivity index (χ1v) is 6.61. The van der Waals surface area contributed by atoms with Crippen LogP contribution in [-0.4, -0.2) is 28.2 Å². The zero-order chi connectivity index (χ0) is 13.8. The number of aromatic nitrogens is 1. The molecule has 19 heavy (non-hydrogen) atoms. The molecule has 0 spiro atoms. The minimum atomic E-state index is -1.01. The molecule has 0 bridgehead atoms. The number of carbonyl (C=O) groups is 2. The summed E-state index contributed by atoms with van der Waals surface area (Å²) in [4.78, 5) is 23.2. The van der Waals surface area contributed by atoms with Crippen molar-refractivity contribution in [2.45, 2.75) is 51.0 Å². The number of carboxylic acids is 1. The number of rotatable bonds is 7. The summed E-state index contributed by atoms with van der Waals surface area (Å²) in [5, 5.41) is 15.5. The van der Waals surface area contributed by atoms with E-state index in [9.17, 15) is 9.59 Å². The maximum absolute atomic E-state index is 12.1. The van der Waals surface area contributed by atoms with Gasteiger partial charge >= 0.3 is 5.97 Å². The first-order valence-electron chi connectivity index (χ1n) is 6.61. The SMILES string of the molecule is CCCCC(NC(=O)c1conc1C1CC1)C(=O)O. The lowest BCUT2D eigenvalue weighted by atomic mass is 10.1. The zero-order valence-electron chi connectivity index (χ0n) is 10.9. The summed E-state index contributed by atoms with van der Waals surface area (Å²) in [7, 11) is 0. The van der Waals surface area contributed by atoms with Crippen LogP contribution >= 0.6 is 0 Å². The standard InChI is InChI=1S/C13H18N2O4/c1-2-3-4-10(13(17)18)14-12(16)9-7-19-15-11(9)8-5-6-8/h7-8,10H,2-6H2,1H3,(H,14,16)(H,17,18). The molecule has 1 aromatic rings. The highest BCUT2D eigenvalue weighted by atomic mass is 16.5. The first kappa shape index (κ1) is 13.6. The Morgan fingerprint density at radius 1 is 1.58 bits per heavy atom. The van der Waals surface area contributed by atoms with Gasteiger partial charge < -0.3 is 14.9 Å². The van der Waals surface area contributed by atoms with Crippen LogP contribution in [0, 0.1) is 0 Å². The maximum Gasteiger partial charge on any atom is 0.326 e. The monoisotopic (exact) mass is 266 g/mol. The number of hydrogen-bond donors (Lipinski definition) is 2. The van der Waals surface area contributed by atoms with Gasteiger partial charge in [-0.25, -0.2) is 4.79 Å². The van der Waals surface area contributed by atoms with Crippen molar-refractivity contribution in [2.75, 3.05) is 0 Å². The van der Waals surface area contributed by atoms with Gasteiger partial charge in [-0.05, 0) is 19.3 Å². The van der Waals surface area contributed by atoms with Gasteiger partial charge in [0.2, 0.25) is 0 Å². The van der Waals surface area contributed by atoms with Gasteiger partial charge in [0.25, 0.3) is 5.91 Å². The minimum absolute atomic E-state index is 0.290. The van der Waals surface area contributed by atoms with Crippen LogP contribution in [0.4, 0.5) is 0 Å². The van der Waals surface area contributed by atoms with Crippen LogP contribution in [-0.2, 0) is 4.79 Å². The number of amides is 1. The molecule has 6 nitrogen and oxygen atoms in total. The zero-order valence-corrected chi connectivity index (χ0v) is 10.9. The molecular formula is C13H18N2O4. The summed E-state index contributed by atoms with van der Waals surface area (Å²) in [5.74, 6) is -1.13. The number of aliphatic carboxylic acids is 1. The molecule has 2 rings (SSSR count). The van der Waals surface area contributed by atoms with E-state index in [1.165, 1.54) is 6.26 Å². The summed E-state index contributed by atoms with van der Waals surface area (Å²) in [6, 6.07) is -0.852. The Balaban J connectivity index is 2.01. The molecule has 1 saturated carbocycles. The topological polar surface area (TPSA) is 92.4 Å². The Morgan fingerprint density at radius 3 is 2.89 bits per heavy atom. The lowest BCUT2D eigenvalue weighted by Crippen LogP contribution is -2.40. The number of carboxylic acid groups (broad SMARTS) is 1. The van der Waals surface area contributed by atoms with Crippen molar-refractivity contribution in [3.8, 4) is 0 Å². The van der Waals surface area contributed by atoms with E-state index >= 15 is 0 Å². The number of nitrogens with one attached hydrogen (secondary N) is 1. The third-order valence-corrected chi connectivity index (χ3v) is 3.26. The van der Waals surface area contributed by atoms with Crippen molar-refractivity contribution in [1.29, 1.82) is 0 Å². The molecule has 0 radical (unpaired) electrons. The molecule has 1 aliphatic rings. The molecule has 1 aromatic heterocycles. The quantitative estimate of drug-likeness (QED) is 0.786. The Bertz CT molecular complexity index is 465. The van der Waals surface area contributed by atoms with Gasteiger partial charge in [0.15, 0.2) is 0 Å². The van der Waals surface area contributed by atoms with Crippen molar-refractivity contribution in [3.05, 3.63) is 17.5 Å². The van der Waals surface area contributed by atoms with E-state index < -0.39 is 17.9 Å². The minimum Gasteiger partial charge on any atom is -0.480 e. The molecule has 0 aromatic carbocycles. The predicted molar refractivity (Wildman–Crippen MR) is 66.9 cm³/mol. The van der Waals surface area contributed by atoms with E-state index in [0.717, 1.165) is 25.7 Å². The first-order chi connectivity index (χ1) is 9.13. The summed E-state index contributed by atoms with van der Waals surface area (Å²) >= 11 is 0. The lowest BCUT2D eigenvalue weighted by molar-refractivity contribution is -0.139. The van der Waals surface area contributed by atoms with Crippen molar-refractivity contribution >= 4 is 11.9 Å². The van der Waals surface area contributed by atoms with Gasteiger partial charge in [0.1, 0.15) is 17.9 Å². The maximum atomic E-state index is 12.1. The van der Waals surface area contributed by atoms with Crippen molar-refractivity contribution in [1.82, 2.24) is 10.5 Å². The second-order valence-electron chi connectivity index (χ2n) is 4.89. The summed E-state index contributed by atoms with van der Waals surface area (Å²) < 4.78 is 4.83. The Labute approximate surface area is 111 Å². The molecule has 6 heteroatoms. The van der Waals surface area contributed by atoms with E-state index in [0.29, 0.717) is 23.6 Å². The molecule has 1 unspecified atom stereocenters. The molecule has 1 amide bonds. The number of unbranched alkanes of at least 4 members (excludes halogenated alkanes) is 1. The second-order valence-corrected chi connectivity index (χ2v) is 4.89. The third kappa shape index (κ3) is 3.33. The molecule has 1 fully saturated rings. The van der Waals surface area contributed by atoms with Crippen LogP contribution in [0.5, 0.6) is 0 Å². The molecule has 1 atom stereocenters. The lowest BCUT2D eigenvalue weighted by Gasteiger charge is -2.13. The van der Waals surface area contributed by atoms with E-state index in [1.54, 1.807) is 0 Å². The Morgan fingerprint density at radius 2 is 2.32 bits per heavy atom. The van der Waals surface area contributed by atoms with Gasteiger partial charge in [0, 0.05) is 5.92 Å². The highest BCUT2D eigenvalue weighted by molar-refractivity contribution is 5.97. The predicted octanol–water partition coefficient (Wildman–Crippen LogP) is 1.93. The van der Waals surface area contributed by atoms with Gasteiger partial charge in [-0.2, -0.15) is 0 Å². The molecule has 104 valence electrons. The second kappa shape index (κ2) is 5.86. The van der Waals surface area contributed by atoms with Crippen LogP contribution in [0.25, 0.3) is 0 Å². The van der Waals surface area contributed by atoms with E-state index in [-0.39, 0.29) is 0 Å². The summed E-state index contributed by atoms with van der Waals surface area (Å²) in [6.45, 7) is 1.98. The molecule has 1 heterocycles. The Kier molecular flexibility index (Phi) is 4.19. The Hall–Kier alpha value is -1.85. The average Bonchev–Trinajstić information content (AvgIpc) is 3.11. The highest BCUT2D eigenvalue weighted by Gasteiger charge is 2.32. The molecule has 0 aliphatic heterocycles. The molecule has 0 saturated heterocycles. The fraction of sp³-hybridized carbons (Fsp3) is 0.615. The third-order valence-electron chi connectivity index (χ3n) is 3.26. The van der Waals surface area contributed by atoms with Gasteiger partial charge in [-0.15, -0.1) is 0 Å². The van der Waals surface area contributed by atoms with Crippen LogP contribution in [0.3, 0.4) is 0 Å². The van der Waals surface area contributed by atoms with Crippen LogP contribution in [0.15, 0.2) is 10.8 Å². The van der Waals surface area contributed by atoms with Crippen LogP contribution in [0.1, 0.15) is 61.0 Å². The molecule has 2 N–H and O–H groups in total. The largest absolute Gasteiger partial charge is 0.480 e. The van der Waals surface area contributed by atoms with Crippen molar-refractivity contribution < 1.29 is 19.2 Å². The molecule has 1 aliphatic carbocycles. The smallest absolute Gasteiger partial charge is 0.326 e. The van der Waals surface area contributed by atoms with Crippen molar-refractivity contribution in [2.24, 2.45) is 0 Å². The van der Waals surface area contributed by atoms with E-state index in [1.807, 2.05) is 6.92 Å². The normalized spacial score (nSPS) is 16.1. The van der Waals surface area contributed by atoms with Gasteiger partial charge in [0.05, 0.1) is 5.69 Å². The average molecular weight is 266 g/mol. The van der Waals surface area contributed by atoms with Gasteiger partial charge in [-0.1, -0.05) is 24.9 Å².